The van der Waals surface area contributed by atoms with Gasteiger partial charge < -0.3 is 35.1 Å². The van der Waals surface area contributed by atoms with Crippen molar-refractivity contribution in [3.63, 3.8) is 0 Å². The van der Waals surface area contributed by atoms with E-state index in [-0.39, 0.29) is 23.8 Å². The van der Waals surface area contributed by atoms with E-state index < -0.39 is 65.7 Å². The van der Waals surface area contributed by atoms with Gasteiger partial charge in [-0.05, 0) is 57.8 Å². The second-order valence-electron chi connectivity index (χ2n) is 13.8. The van der Waals surface area contributed by atoms with Gasteiger partial charge in [-0.2, -0.15) is 0 Å². The fourth-order valence-corrected chi connectivity index (χ4v) is 6.51. The smallest absolute Gasteiger partial charge is 0.408 e. The van der Waals surface area contributed by atoms with Crippen LogP contribution in [0.2, 0.25) is 0 Å². The number of alkyl carbamates (subject to hydrolysis) is 1. The van der Waals surface area contributed by atoms with Crippen molar-refractivity contribution in [1.82, 2.24) is 20.9 Å². The van der Waals surface area contributed by atoms with E-state index in [2.05, 4.69) is 36.4 Å². The minimum Gasteiger partial charge on any atom is -0.450 e. The van der Waals surface area contributed by atoms with E-state index in [4.69, 9.17) is 14.2 Å². The van der Waals surface area contributed by atoms with Gasteiger partial charge in [0.1, 0.15) is 17.7 Å². The van der Waals surface area contributed by atoms with E-state index in [1.807, 2.05) is 0 Å². The van der Waals surface area contributed by atoms with Crippen LogP contribution in [0.4, 0.5) is 4.79 Å². The second kappa shape index (κ2) is 14.8. The van der Waals surface area contributed by atoms with Gasteiger partial charge >= 0.3 is 12.1 Å². The number of nitrogens with one attached hydrogen (secondary N) is 3. The van der Waals surface area contributed by atoms with Gasteiger partial charge in [0, 0.05) is 26.6 Å². The van der Waals surface area contributed by atoms with Crippen molar-refractivity contribution in [1.29, 1.82) is 0 Å². The Labute approximate surface area is 261 Å². The lowest BCUT2D eigenvalue weighted by Gasteiger charge is -2.36. The van der Waals surface area contributed by atoms with Crippen LogP contribution in [0.1, 0.15) is 87.0 Å². The summed E-state index contributed by atoms with van der Waals surface area (Å²) in [5.41, 5.74) is -0.954. The van der Waals surface area contributed by atoms with Crippen LogP contribution in [-0.4, -0.2) is 90.3 Å². The minimum atomic E-state index is -1.25. The lowest BCUT2D eigenvalue weighted by Crippen LogP contribution is -2.61. The molecular weight excluding hydrogens is 568 g/mol. The molecule has 7 atom stereocenters. The van der Waals surface area contributed by atoms with Gasteiger partial charge in [0.15, 0.2) is 6.10 Å². The van der Waals surface area contributed by atoms with Gasteiger partial charge in [-0.15, -0.1) is 6.58 Å². The van der Waals surface area contributed by atoms with E-state index in [0.29, 0.717) is 26.0 Å². The highest BCUT2D eigenvalue weighted by atomic mass is 16.6. The average molecular weight is 621 g/mol. The molecular formula is C32H52N4O8. The zero-order valence-electron chi connectivity index (χ0n) is 27.4. The zero-order chi connectivity index (χ0) is 32.8. The molecule has 3 rings (SSSR count). The Bertz CT molecular complexity index is 1090. The number of carbonyl (C=O) groups excluding carboxylic acids is 5. The van der Waals surface area contributed by atoms with Crippen molar-refractivity contribution >= 4 is 29.8 Å². The van der Waals surface area contributed by atoms with Gasteiger partial charge in [0.05, 0.1) is 12.1 Å². The first-order valence-corrected chi connectivity index (χ1v) is 15.9. The first kappa shape index (κ1) is 35.3. The number of ether oxygens (including phenoxy) is 3. The number of nitrogens with zero attached hydrogens (tertiary/aromatic N) is 1. The molecule has 0 aromatic rings. The summed E-state index contributed by atoms with van der Waals surface area (Å²) in [6.07, 6.45) is 3.32. The molecule has 1 aliphatic carbocycles. The standard InChI is InChI=1S/C32H52N4O8/c1-9-16-33-28(39)26(43-20(3)37)22-15-13-11-10-12-14-17-42-19(2)24(35-30(41)44-31(4,5)6)29(40)36-18-21-23(32(21,7)8)25(36)27(38)34-22/h9,19,21-26H,1,10-18H2,2-8H3,(H,33,39)(H,34,38)(H,35,41)/t19-,21-,22-,23-,24-,25-,26?/m0/s1. The lowest BCUT2D eigenvalue weighted by molar-refractivity contribution is -0.157. The molecule has 2 saturated heterocycles. The molecule has 0 bridgehead atoms. The van der Waals surface area contributed by atoms with Crippen LogP contribution in [0.25, 0.3) is 0 Å². The molecule has 2 heterocycles. The van der Waals surface area contributed by atoms with E-state index in [1.54, 1.807) is 27.7 Å². The fraction of sp³-hybridized carbons (Fsp3) is 0.781. The third-order valence-electron chi connectivity index (χ3n) is 8.87. The number of hydrogen-bond acceptors (Lipinski definition) is 8. The number of amides is 4. The number of hydrogen-bond donors (Lipinski definition) is 3. The number of esters is 1. The number of rotatable bonds is 6. The van der Waals surface area contributed by atoms with Crippen molar-refractivity contribution in [3.05, 3.63) is 12.7 Å². The summed E-state index contributed by atoms with van der Waals surface area (Å²) in [7, 11) is 0. The largest absolute Gasteiger partial charge is 0.450 e. The second-order valence-corrected chi connectivity index (χ2v) is 13.8. The van der Waals surface area contributed by atoms with Gasteiger partial charge in [-0.3, -0.25) is 19.2 Å². The van der Waals surface area contributed by atoms with E-state index >= 15 is 0 Å². The molecule has 12 heteroatoms. The van der Waals surface area contributed by atoms with Gasteiger partial charge in [0.2, 0.25) is 11.8 Å². The third-order valence-corrected chi connectivity index (χ3v) is 8.87. The monoisotopic (exact) mass is 620 g/mol. The van der Waals surface area contributed by atoms with Crippen LogP contribution in [0.15, 0.2) is 12.7 Å². The average Bonchev–Trinajstić information content (AvgIpc) is 3.24. The molecule has 3 fully saturated rings. The summed E-state index contributed by atoms with van der Waals surface area (Å²) in [4.78, 5) is 67.9. The maximum atomic E-state index is 14.2. The molecule has 1 saturated carbocycles. The minimum absolute atomic E-state index is 0.0845. The van der Waals surface area contributed by atoms with Crippen LogP contribution >= 0.6 is 0 Å². The van der Waals surface area contributed by atoms with E-state index in [0.717, 1.165) is 25.7 Å². The molecule has 0 spiro atoms. The molecule has 0 radical (unpaired) electrons. The molecule has 44 heavy (non-hydrogen) atoms. The van der Waals surface area contributed by atoms with Gasteiger partial charge in [-0.25, -0.2) is 4.79 Å². The van der Waals surface area contributed by atoms with Gasteiger partial charge in [-0.1, -0.05) is 45.6 Å². The molecule has 2 aliphatic heterocycles. The van der Waals surface area contributed by atoms with Crippen LogP contribution in [0.5, 0.6) is 0 Å². The third kappa shape index (κ3) is 8.95. The van der Waals surface area contributed by atoms with E-state index in [1.165, 1.54) is 17.9 Å². The van der Waals surface area contributed by atoms with Crippen LogP contribution < -0.4 is 16.0 Å². The van der Waals surface area contributed by atoms with Crippen molar-refractivity contribution in [2.24, 2.45) is 17.3 Å². The molecule has 3 N–H and O–H groups in total. The maximum Gasteiger partial charge on any atom is 0.408 e. The summed E-state index contributed by atoms with van der Waals surface area (Å²) < 4.78 is 17.0. The van der Waals surface area contributed by atoms with Crippen molar-refractivity contribution in [2.75, 3.05) is 19.7 Å². The summed E-state index contributed by atoms with van der Waals surface area (Å²) in [5, 5.41) is 8.40. The SMILES string of the molecule is C=CCNC(=O)C(OC(C)=O)[C@@H]1CCCCCCCO[C@@H](C)[C@H](NC(=O)OC(C)(C)C)C(=O)N2C[C@H]3[C@@H]([C@H]2C(=O)N1)C3(C)C. The molecule has 0 aromatic heterocycles. The first-order chi connectivity index (χ1) is 20.6. The Morgan fingerprint density at radius 2 is 1.82 bits per heavy atom. The zero-order valence-corrected chi connectivity index (χ0v) is 27.4. The Hall–Kier alpha value is -3.15. The number of fused-ring (bicyclic) bond motifs is 3. The van der Waals surface area contributed by atoms with Crippen LogP contribution in [0.3, 0.4) is 0 Å². The van der Waals surface area contributed by atoms with Crippen LogP contribution in [-0.2, 0) is 33.4 Å². The highest BCUT2D eigenvalue weighted by Gasteiger charge is 2.69. The topological polar surface area (TPSA) is 152 Å². The predicted octanol–water partition coefficient (Wildman–Crippen LogP) is 2.84. The molecule has 0 aromatic carbocycles. The van der Waals surface area contributed by atoms with Crippen molar-refractivity contribution < 1.29 is 38.2 Å². The molecule has 1 unspecified atom stereocenters. The summed E-state index contributed by atoms with van der Waals surface area (Å²) in [6.45, 7) is 16.9. The van der Waals surface area contributed by atoms with Crippen molar-refractivity contribution in [2.45, 2.75) is 123 Å². The highest BCUT2D eigenvalue weighted by molar-refractivity contribution is 5.94. The van der Waals surface area contributed by atoms with Crippen molar-refractivity contribution in [3.8, 4) is 0 Å². The molecule has 12 nitrogen and oxygen atoms in total. The Morgan fingerprint density at radius 1 is 1.16 bits per heavy atom. The molecule has 3 aliphatic rings. The molecule has 248 valence electrons. The maximum absolute atomic E-state index is 14.2. The Morgan fingerprint density at radius 3 is 2.45 bits per heavy atom. The first-order valence-electron chi connectivity index (χ1n) is 15.9. The fourth-order valence-electron chi connectivity index (χ4n) is 6.51. The molecule has 4 amide bonds. The summed E-state index contributed by atoms with van der Waals surface area (Å²) in [6, 6.07) is -2.73. The number of piperidine rings is 1. The van der Waals surface area contributed by atoms with Crippen LogP contribution in [0, 0.1) is 17.3 Å². The highest BCUT2D eigenvalue weighted by Crippen LogP contribution is 2.65. The van der Waals surface area contributed by atoms with E-state index in [9.17, 15) is 24.0 Å². The Balaban J connectivity index is 1.96. The summed E-state index contributed by atoms with van der Waals surface area (Å²) in [5.74, 6) is -2.07. The Kier molecular flexibility index (Phi) is 11.8. The normalized spacial score (nSPS) is 30.1. The number of carbonyl (C=O) groups is 5. The lowest BCUT2D eigenvalue weighted by atomic mass is 9.97. The predicted molar refractivity (Wildman–Crippen MR) is 163 cm³/mol. The van der Waals surface area contributed by atoms with Gasteiger partial charge in [0.25, 0.3) is 5.91 Å². The quantitative estimate of drug-likeness (QED) is 0.303. The summed E-state index contributed by atoms with van der Waals surface area (Å²) >= 11 is 0.